The molecular formula is C22H21ClO5. The van der Waals surface area contributed by atoms with Gasteiger partial charge in [-0.25, -0.2) is 9.59 Å². The van der Waals surface area contributed by atoms with E-state index in [0.29, 0.717) is 21.9 Å². The normalized spacial score (nSPS) is 11.5. The van der Waals surface area contributed by atoms with Gasteiger partial charge in [-0.1, -0.05) is 23.7 Å². The van der Waals surface area contributed by atoms with Gasteiger partial charge < -0.3 is 13.9 Å². The van der Waals surface area contributed by atoms with Crippen molar-refractivity contribution in [2.75, 3.05) is 6.61 Å². The molecule has 5 nitrogen and oxygen atoms in total. The minimum atomic E-state index is -0.572. The molecule has 1 heterocycles. The Morgan fingerprint density at radius 1 is 1.11 bits per heavy atom. The maximum absolute atomic E-state index is 12.5. The Bertz CT molecular complexity index is 1080. The summed E-state index contributed by atoms with van der Waals surface area (Å²) in [7, 11) is 0. The van der Waals surface area contributed by atoms with Crippen molar-refractivity contribution in [2.45, 2.75) is 33.3 Å². The zero-order valence-electron chi connectivity index (χ0n) is 16.2. The fourth-order valence-corrected chi connectivity index (χ4v) is 3.01. The van der Waals surface area contributed by atoms with E-state index in [1.165, 1.54) is 0 Å². The summed E-state index contributed by atoms with van der Waals surface area (Å²) in [5.74, 6) is 0.0307. The molecule has 0 aliphatic carbocycles. The molecule has 0 amide bonds. The van der Waals surface area contributed by atoms with E-state index >= 15 is 0 Å². The first-order chi connectivity index (χ1) is 13.1. The van der Waals surface area contributed by atoms with Gasteiger partial charge in [-0.2, -0.15) is 0 Å². The van der Waals surface area contributed by atoms with Crippen molar-refractivity contribution in [3.63, 3.8) is 0 Å². The SMILES string of the molecule is Cc1c(-c2ccc(Cl)cc2)c(=O)oc2ccc(OCC(=O)OC(C)(C)C)cc12. The van der Waals surface area contributed by atoms with E-state index in [9.17, 15) is 9.59 Å². The van der Waals surface area contributed by atoms with Gasteiger partial charge in [0.15, 0.2) is 6.61 Å². The fraction of sp³-hybridized carbons (Fsp3) is 0.273. The second-order valence-electron chi connectivity index (χ2n) is 7.43. The number of halogens is 1. The summed E-state index contributed by atoms with van der Waals surface area (Å²) >= 11 is 5.94. The summed E-state index contributed by atoms with van der Waals surface area (Å²) in [5.41, 5.74) is 1.40. The number of hydrogen-bond acceptors (Lipinski definition) is 5. The highest BCUT2D eigenvalue weighted by atomic mass is 35.5. The molecule has 3 rings (SSSR count). The predicted octanol–water partition coefficient (Wildman–Crippen LogP) is 5.14. The minimum Gasteiger partial charge on any atom is -0.482 e. The van der Waals surface area contributed by atoms with Crippen molar-refractivity contribution < 1.29 is 18.7 Å². The Kier molecular flexibility index (Phi) is 5.47. The van der Waals surface area contributed by atoms with Crippen LogP contribution in [0.1, 0.15) is 26.3 Å². The van der Waals surface area contributed by atoms with Gasteiger partial charge in [-0.05, 0) is 69.2 Å². The zero-order valence-corrected chi connectivity index (χ0v) is 16.9. The molecule has 0 bridgehead atoms. The smallest absolute Gasteiger partial charge is 0.344 e. The van der Waals surface area contributed by atoms with Gasteiger partial charge in [0.2, 0.25) is 0 Å². The molecule has 0 atom stereocenters. The van der Waals surface area contributed by atoms with Crippen LogP contribution < -0.4 is 10.4 Å². The highest BCUT2D eigenvalue weighted by molar-refractivity contribution is 6.30. The van der Waals surface area contributed by atoms with Crippen LogP contribution in [0.25, 0.3) is 22.1 Å². The molecule has 3 aromatic rings. The van der Waals surface area contributed by atoms with Crippen LogP contribution in [0.4, 0.5) is 0 Å². The summed E-state index contributed by atoms with van der Waals surface area (Å²) in [5, 5.41) is 1.32. The van der Waals surface area contributed by atoms with Crippen molar-refractivity contribution in [3.8, 4) is 16.9 Å². The van der Waals surface area contributed by atoms with Crippen molar-refractivity contribution in [1.29, 1.82) is 0 Å². The van der Waals surface area contributed by atoms with Crippen molar-refractivity contribution in [2.24, 2.45) is 0 Å². The van der Waals surface area contributed by atoms with Gasteiger partial charge in [0, 0.05) is 10.4 Å². The number of benzene rings is 2. The average Bonchev–Trinajstić information content (AvgIpc) is 2.60. The molecule has 2 aromatic carbocycles. The number of carbonyl (C=O) groups excluding carboxylic acids is 1. The van der Waals surface area contributed by atoms with Crippen LogP contribution in [-0.2, 0) is 9.53 Å². The summed E-state index contributed by atoms with van der Waals surface area (Å²) in [4.78, 5) is 24.3. The molecule has 0 aliphatic heterocycles. The van der Waals surface area contributed by atoms with E-state index in [1.807, 2.05) is 6.92 Å². The summed E-state index contributed by atoms with van der Waals surface area (Å²) in [6.45, 7) is 7.03. The predicted molar refractivity (Wildman–Crippen MR) is 109 cm³/mol. The summed E-state index contributed by atoms with van der Waals surface area (Å²) < 4.78 is 16.3. The number of fused-ring (bicyclic) bond motifs is 1. The molecule has 0 saturated carbocycles. The molecule has 0 unspecified atom stereocenters. The first-order valence-corrected chi connectivity index (χ1v) is 9.20. The summed E-state index contributed by atoms with van der Waals surface area (Å²) in [6, 6.07) is 12.0. The Hall–Kier alpha value is -2.79. The van der Waals surface area contributed by atoms with Crippen LogP contribution in [0.5, 0.6) is 5.75 Å². The highest BCUT2D eigenvalue weighted by Crippen LogP contribution is 2.29. The number of carbonyl (C=O) groups is 1. The minimum absolute atomic E-state index is 0.206. The molecule has 0 radical (unpaired) electrons. The Morgan fingerprint density at radius 3 is 2.43 bits per heavy atom. The van der Waals surface area contributed by atoms with Crippen molar-refractivity contribution >= 4 is 28.5 Å². The molecule has 6 heteroatoms. The Labute approximate surface area is 167 Å². The second kappa shape index (κ2) is 7.68. The number of aryl methyl sites for hydroxylation is 1. The lowest BCUT2D eigenvalue weighted by Gasteiger charge is -2.19. The number of ether oxygens (including phenoxy) is 2. The molecule has 0 spiro atoms. The van der Waals surface area contributed by atoms with Crippen LogP contribution in [-0.4, -0.2) is 18.2 Å². The first kappa shape index (κ1) is 20.0. The monoisotopic (exact) mass is 400 g/mol. The second-order valence-corrected chi connectivity index (χ2v) is 7.87. The molecule has 0 aliphatic rings. The van der Waals surface area contributed by atoms with Crippen LogP contribution >= 0.6 is 11.6 Å². The molecular weight excluding hydrogens is 380 g/mol. The Balaban J connectivity index is 1.94. The number of rotatable bonds is 4. The number of esters is 1. The van der Waals surface area contributed by atoms with Crippen molar-refractivity contribution in [3.05, 3.63) is 63.5 Å². The van der Waals surface area contributed by atoms with Gasteiger partial charge in [0.1, 0.15) is 16.9 Å². The standard InChI is InChI=1S/C22H21ClO5/c1-13-17-11-16(26-12-19(24)28-22(2,3)4)9-10-18(17)27-21(25)20(13)14-5-7-15(23)8-6-14/h5-11H,12H2,1-4H3. The van der Waals surface area contributed by atoms with Crippen molar-refractivity contribution in [1.82, 2.24) is 0 Å². The van der Waals surface area contributed by atoms with E-state index in [0.717, 1.165) is 16.5 Å². The number of hydrogen-bond donors (Lipinski definition) is 0. The maximum atomic E-state index is 12.5. The fourth-order valence-electron chi connectivity index (χ4n) is 2.88. The lowest BCUT2D eigenvalue weighted by Crippen LogP contribution is -2.27. The molecule has 0 fully saturated rings. The van der Waals surface area contributed by atoms with Crippen LogP contribution in [0.3, 0.4) is 0 Å². The van der Waals surface area contributed by atoms with Crippen LogP contribution in [0, 0.1) is 6.92 Å². The zero-order chi connectivity index (χ0) is 20.5. The van der Waals surface area contributed by atoms with E-state index in [2.05, 4.69) is 0 Å². The van der Waals surface area contributed by atoms with E-state index in [1.54, 1.807) is 63.2 Å². The third-order valence-corrected chi connectivity index (χ3v) is 4.30. The largest absolute Gasteiger partial charge is 0.482 e. The van der Waals surface area contributed by atoms with Gasteiger partial charge in [0.05, 0.1) is 5.56 Å². The lowest BCUT2D eigenvalue weighted by molar-refractivity contribution is -0.157. The summed E-state index contributed by atoms with van der Waals surface area (Å²) in [6.07, 6.45) is 0. The third kappa shape index (κ3) is 4.54. The van der Waals surface area contributed by atoms with Gasteiger partial charge in [-0.3, -0.25) is 0 Å². The third-order valence-electron chi connectivity index (χ3n) is 4.05. The van der Waals surface area contributed by atoms with Gasteiger partial charge >= 0.3 is 11.6 Å². The molecule has 1 aromatic heterocycles. The van der Waals surface area contributed by atoms with Gasteiger partial charge in [0.25, 0.3) is 0 Å². The Morgan fingerprint density at radius 2 is 1.79 bits per heavy atom. The van der Waals surface area contributed by atoms with E-state index < -0.39 is 17.2 Å². The van der Waals surface area contributed by atoms with Crippen LogP contribution in [0.15, 0.2) is 51.7 Å². The average molecular weight is 401 g/mol. The molecule has 28 heavy (non-hydrogen) atoms. The van der Waals surface area contributed by atoms with E-state index in [-0.39, 0.29) is 6.61 Å². The molecule has 0 N–H and O–H groups in total. The van der Waals surface area contributed by atoms with Gasteiger partial charge in [-0.15, -0.1) is 0 Å². The first-order valence-electron chi connectivity index (χ1n) is 8.82. The van der Waals surface area contributed by atoms with Crippen LogP contribution in [0.2, 0.25) is 5.02 Å². The topological polar surface area (TPSA) is 65.7 Å². The lowest BCUT2D eigenvalue weighted by atomic mass is 9.99. The van der Waals surface area contributed by atoms with E-state index in [4.69, 9.17) is 25.5 Å². The molecule has 0 saturated heterocycles. The highest BCUT2D eigenvalue weighted by Gasteiger charge is 2.17. The quantitative estimate of drug-likeness (QED) is 0.448. The maximum Gasteiger partial charge on any atom is 0.344 e. The molecule has 146 valence electrons.